The zero-order chi connectivity index (χ0) is 35.2. The summed E-state index contributed by atoms with van der Waals surface area (Å²) >= 11 is 0. The smallest absolute Gasteiger partial charge is 0.311 e. The van der Waals surface area contributed by atoms with E-state index in [1.807, 2.05) is 0 Å². The molecule has 0 saturated heterocycles. The van der Waals surface area contributed by atoms with Gasteiger partial charge in [0.25, 0.3) is 0 Å². The molecule has 0 saturated carbocycles. The summed E-state index contributed by atoms with van der Waals surface area (Å²) in [6.07, 6.45) is 43.5. The first kappa shape index (κ1) is 46.4. The topological polar surface area (TPSA) is 52.6 Å². The summed E-state index contributed by atoms with van der Waals surface area (Å²) in [7, 11) is 0. The predicted molar refractivity (Wildman–Crippen MR) is 208 cm³/mol. The summed E-state index contributed by atoms with van der Waals surface area (Å²) in [5, 5.41) is 0. The summed E-state index contributed by atoms with van der Waals surface area (Å²) in [5.74, 6) is -0.669. The third-order valence-corrected chi connectivity index (χ3v) is 9.65. The summed E-state index contributed by atoms with van der Waals surface area (Å²) in [4.78, 5) is 25.2. The van der Waals surface area contributed by atoms with Crippen molar-refractivity contribution < 1.29 is 19.1 Å². The summed E-state index contributed by atoms with van der Waals surface area (Å²) < 4.78 is 11.1. The Kier molecular flexibility index (Phi) is 37.0. The van der Waals surface area contributed by atoms with Gasteiger partial charge in [-0.1, -0.05) is 182 Å². The molecule has 0 aliphatic rings. The van der Waals surface area contributed by atoms with Crippen LogP contribution in [0.15, 0.2) is 23.7 Å². The van der Waals surface area contributed by atoms with Gasteiger partial charge in [-0.05, 0) is 62.5 Å². The van der Waals surface area contributed by atoms with Crippen LogP contribution < -0.4 is 0 Å². The highest BCUT2D eigenvalue weighted by Gasteiger charge is 2.10. The number of ether oxygens (including phenoxy) is 2. The van der Waals surface area contributed by atoms with Crippen LogP contribution >= 0.6 is 0 Å². The average molecular weight is 675 g/mol. The van der Waals surface area contributed by atoms with E-state index in [4.69, 9.17) is 9.47 Å². The summed E-state index contributed by atoms with van der Waals surface area (Å²) in [6, 6.07) is 0. The van der Waals surface area contributed by atoms with E-state index < -0.39 is 0 Å². The minimum Gasteiger partial charge on any atom is -0.435 e. The van der Waals surface area contributed by atoms with Crippen molar-refractivity contribution in [2.24, 2.45) is 0 Å². The molecule has 0 rings (SSSR count). The molecule has 0 aliphatic carbocycles. The molecule has 0 fully saturated rings. The molecule has 0 spiro atoms. The first-order valence-corrected chi connectivity index (χ1v) is 21.3. The van der Waals surface area contributed by atoms with Crippen LogP contribution in [-0.2, 0) is 19.1 Å². The van der Waals surface area contributed by atoms with Crippen molar-refractivity contribution in [3.63, 3.8) is 0 Å². The van der Waals surface area contributed by atoms with Gasteiger partial charge in [-0.3, -0.25) is 9.59 Å². The number of unbranched alkanes of at least 4 members (excludes halogenated alkanes) is 24. The minimum atomic E-state index is -0.335. The molecule has 0 aromatic heterocycles. The quantitative estimate of drug-likeness (QED) is 0.0374. The van der Waals surface area contributed by atoms with Gasteiger partial charge in [0.15, 0.2) is 0 Å². The molecule has 0 aromatic rings. The average Bonchev–Trinajstić information content (AvgIpc) is 3.09. The lowest BCUT2D eigenvalue weighted by molar-refractivity contribution is -0.144. The number of carbonyl (C=O) groups excluding carboxylic acids is 2. The van der Waals surface area contributed by atoms with E-state index in [-0.39, 0.29) is 24.8 Å². The fourth-order valence-electron chi connectivity index (χ4n) is 6.34. The predicted octanol–water partition coefficient (Wildman–Crippen LogP) is 15.2. The lowest BCUT2D eigenvalue weighted by Crippen LogP contribution is -2.07. The number of hydrogen-bond acceptors (Lipinski definition) is 4. The fraction of sp³-hybridized carbons (Fsp3) is 0.864. The Balaban J connectivity index is 4.71. The number of hydrogen-bond donors (Lipinski definition) is 0. The molecular weight excluding hydrogens is 592 g/mol. The summed E-state index contributed by atoms with van der Waals surface area (Å²) in [5.41, 5.74) is 2.49. The molecule has 0 radical (unpaired) electrons. The Hall–Kier alpha value is -1.58. The van der Waals surface area contributed by atoms with E-state index in [0.717, 1.165) is 51.4 Å². The van der Waals surface area contributed by atoms with Crippen LogP contribution in [0.25, 0.3) is 0 Å². The molecule has 0 aromatic carbocycles. The molecule has 0 bridgehead atoms. The second-order valence-electron chi connectivity index (χ2n) is 14.5. The third kappa shape index (κ3) is 34.3. The van der Waals surface area contributed by atoms with Crippen LogP contribution in [0.2, 0.25) is 0 Å². The Morgan fingerprint density at radius 2 is 0.521 bits per heavy atom. The van der Waals surface area contributed by atoms with Crippen molar-refractivity contribution in [1.29, 1.82) is 0 Å². The van der Waals surface area contributed by atoms with Crippen molar-refractivity contribution in [2.75, 3.05) is 0 Å². The molecular formula is C44H82O4. The van der Waals surface area contributed by atoms with Gasteiger partial charge in [0.1, 0.15) is 0 Å². The monoisotopic (exact) mass is 675 g/mol. The lowest BCUT2D eigenvalue weighted by Gasteiger charge is -2.09. The molecule has 0 N–H and O–H groups in total. The fourth-order valence-corrected chi connectivity index (χ4v) is 6.34. The van der Waals surface area contributed by atoms with E-state index >= 15 is 0 Å². The Morgan fingerprint density at radius 1 is 0.312 bits per heavy atom. The Bertz CT molecular complexity index is 704. The lowest BCUT2D eigenvalue weighted by atomic mass is 10.0. The van der Waals surface area contributed by atoms with Gasteiger partial charge in [-0.15, -0.1) is 0 Å². The summed E-state index contributed by atoms with van der Waals surface area (Å²) in [6.45, 7) is 9.03. The van der Waals surface area contributed by atoms with Crippen LogP contribution in [0.4, 0.5) is 0 Å². The number of esters is 2. The molecule has 0 unspecified atom stereocenters. The van der Waals surface area contributed by atoms with Gasteiger partial charge in [-0.25, -0.2) is 0 Å². The highest BCUT2D eigenvalue weighted by atomic mass is 16.5. The van der Waals surface area contributed by atoms with Crippen molar-refractivity contribution in [1.82, 2.24) is 0 Å². The van der Waals surface area contributed by atoms with Crippen molar-refractivity contribution in [3.05, 3.63) is 23.7 Å². The molecule has 4 heteroatoms. The maximum absolute atomic E-state index is 12.6. The zero-order valence-corrected chi connectivity index (χ0v) is 32.8. The largest absolute Gasteiger partial charge is 0.435 e. The zero-order valence-electron chi connectivity index (χ0n) is 32.8. The van der Waals surface area contributed by atoms with E-state index in [0.29, 0.717) is 0 Å². The molecule has 4 nitrogen and oxygen atoms in total. The van der Waals surface area contributed by atoms with Crippen LogP contribution in [0.1, 0.15) is 246 Å². The van der Waals surface area contributed by atoms with E-state index in [9.17, 15) is 9.59 Å². The van der Waals surface area contributed by atoms with Crippen LogP contribution in [0, 0.1) is 0 Å². The highest BCUT2D eigenvalue weighted by molar-refractivity contribution is 5.78. The van der Waals surface area contributed by atoms with Crippen molar-refractivity contribution >= 4 is 11.9 Å². The molecule has 0 aliphatic heterocycles. The maximum Gasteiger partial charge on any atom is 0.311 e. The van der Waals surface area contributed by atoms with Gasteiger partial charge in [0.2, 0.25) is 0 Å². The third-order valence-electron chi connectivity index (χ3n) is 9.65. The molecule has 0 heterocycles. The van der Waals surface area contributed by atoms with Crippen LogP contribution in [0.5, 0.6) is 0 Å². The molecule has 48 heavy (non-hydrogen) atoms. The first-order chi connectivity index (χ1) is 23.6. The first-order valence-electron chi connectivity index (χ1n) is 21.3. The van der Waals surface area contributed by atoms with E-state index in [1.54, 1.807) is 12.5 Å². The normalized spacial score (nSPS) is 12.1. The van der Waals surface area contributed by atoms with Crippen LogP contribution in [0.3, 0.4) is 0 Å². The Morgan fingerprint density at radius 3 is 0.750 bits per heavy atom. The number of carbonyl (C=O) groups is 2. The standard InChI is InChI=1S/C44H82O4/c1-5-9-13-17-21-23-27-31-35-41(33-29-25-19-15-11-7-3)39-47-43(45)37-38-44(46)48-40-42(34-30-26-20-16-12-8-4)36-32-28-24-22-18-14-10-6-2/h39-40H,5-38H2,1-4H3. The molecule has 282 valence electrons. The van der Waals surface area contributed by atoms with Crippen molar-refractivity contribution in [2.45, 2.75) is 246 Å². The molecule has 0 amide bonds. The van der Waals surface area contributed by atoms with Crippen LogP contribution in [-0.4, -0.2) is 11.9 Å². The maximum atomic E-state index is 12.6. The van der Waals surface area contributed by atoms with Gasteiger partial charge >= 0.3 is 11.9 Å². The highest BCUT2D eigenvalue weighted by Crippen LogP contribution is 2.21. The van der Waals surface area contributed by atoms with E-state index in [1.165, 1.54) is 165 Å². The molecule has 0 atom stereocenters. The van der Waals surface area contributed by atoms with Gasteiger partial charge in [0.05, 0.1) is 25.4 Å². The second kappa shape index (κ2) is 38.2. The number of allylic oxidation sites excluding steroid dienone is 2. The number of rotatable bonds is 37. The van der Waals surface area contributed by atoms with E-state index in [2.05, 4.69) is 27.7 Å². The van der Waals surface area contributed by atoms with Gasteiger partial charge < -0.3 is 9.47 Å². The van der Waals surface area contributed by atoms with Crippen molar-refractivity contribution in [3.8, 4) is 0 Å². The van der Waals surface area contributed by atoms with Gasteiger partial charge in [-0.2, -0.15) is 0 Å². The Labute approximate surface area is 300 Å². The minimum absolute atomic E-state index is 0.0655. The SMILES string of the molecule is CCCCCCCCCCC(=COC(=O)CCC(=O)OC=C(CCCCCCCC)CCCCCCCCCC)CCCCCCCC. The van der Waals surface area contributed by atoms with Gasteiger partial charge in [0, 0.05) is 0 Å². The second-order valence-corrected chi connectivity index (χ2v) is 14.5.